The maximum Gasteiger partial charge on any atom is 0.391 e. The van der Waals surface area contributed by atoms with Crippen molar-refractivity contribution >= 4 is 0 Å². The van der Waals surface area contributed by atoms with Crippen molar-refractivity contribution in [3.8, 4) is 5.75 Å². The van der Waals surface area contributed by atoms with E-state index in [1.165, 1.54) is 6.92 Å². The summed E-state index contributed by atoms with van der Waals surface area (Å²) in [5.74, 6) is -0.448. The van der Waals surface area contributed by atoms with Gasteiger partial charge >= 0.3 is 6.18 Å². The monoisotopic (exact) mass is 288 g/mol. The molecular formula is C16H23F3O. The van der Waals surface area contributed by atoms with Gasteiger partial charge in [0.25, 0.3) is 0 Å². The van der Waals surface area contributed by atoms with Crippen molar-refractivity contribution in [2.24, 2.45) is 5.92 Å². The molecule has 0 saturated carbocycles. The normalized spacial score (nSPS) is 14.8. The number of halogens is 3. The van der Waals surface area contributed by atoms with Crippen LogP contribution < -0.4 is 4.74 Å². The standard InChI is InChI=1S/C16H23F3O/c1-3-8-14(20-15-10-5-4-6-11-15)12-7-9-13(2)16(17,18)19/h4-6,10-11,13-14H,3,7-9,12H2,1-2H3. The molecule has 114 valence electrons. The zero-order valence-electron chi connectivity index (χ0n) is 12.1. The molecule has 0 bridgehead atoms. The molecule has 2 atom stereocenters. The summed E-state index contributed by atoms with van der Waals surface area (Å²) in [4.78, 5) is 0. The fraction of sp³-hybridized carbons (Fsp3) is 0.625. The Balaban J connectivity index is 2.40. The highest BCUT2D eigenvalue weighted by molar-refractivity contribution is 5.21. The summed E-state index contributed by atoms with van der Waals surface area (Å²) in [5.41, 5.74) is 0. The lowest BCUT2D eigenvalue weighted by Gasteiger charge is -2.20. The first-order valence-electron chi connectivity index (χ1n) is 7.22. The molecule has 2 unspecified atom stereocenters. The zero-order valence-corrected chi connectivity index (χ0v) is 12.1. The van der Waals surface area contributed by atoms with E-state index in [-0.39, 0.29) is 12.5 Å². The van der Waals surface area contributed by atoms with Crippen LogP contribution in [-0.4, -0.2) is 12.3 Å². The number of benzene rings is 1. The number of hydrogen-bond acceptors (Lipinski definition) is 1. The van der Waals surface area contributed by atoms with E-state index in [0.29, 0.717) is 12.8 Å². The summed E-state index contributed by atoms with van der Waals surface area (Å²) in [6.07, 6.45) is -0.867. The summed E-state index contributed by atoms with van der Waals surface area (Å²) in [6, 6.07) is 9.45. The minimum atomic E-state index is -4.08. The number of rotatable bonds is 8. The third-order valence-corrected chi connectivity index (χ3v) is 3.38. The SMILES string of the molecule is CCCC(CCCC(C)C(F)(F)F)Oc1ccccc1. The van der Waals surface area contributed by atoms with E-state index in [1.54, 1.807) is 0 Å². The Morgan fingerprint density at radius 3 is 2.25 bits per heavy atom. The van der Waals surface area contributed by atoms with E-state index in [0.717, 1.165) is 18.6 Å². The van der Waals surface area contributed by atoms with Crippen molar-refractivity contribution in [2.45, 2.75) is 58.2 Å². The van der Waals surface area contributed by atoms with E-state index >= 15 is 0 Å². The van der Waals surface area contributed by atoms with Gasteiger partial charge in [-0.1, -0.05) is 38.5 Å². The van der Waals surface area contributed by atoms with Crippen LogP contribution in [0.3, 0.4) is 0 Å². The van der Waals surface area contributed by atoms with Crippen LogP contribution >= 0.6 is 0 Å². The molecule has 1 rings (SSSR count). The number of ether oxygens (including phenoxy) is 1. The van der Waals surface area contributed by atoms with Gasteiger partial charge in [0.15, 0.2) is 0 Å². The van der Waals surface area contributed by atoms with Crippen LogP contribution in [0.1, 0.15) is 46.0 Å². The molecule has 0 saturated heterocycles. The van der Waals surface area contributed by atoms with Crippen LogP contribution in [0.2, 0.25) is 0 Å². The molecule has 20 heavy (non-hydrogen) atoms. The van der Waals surface area contributed by atoms with E-state index in [2.05, 4.69) is 6.92 Å². The van der Waals surface area contributed by atoms with E-state index in [4.69, 9.17) is 4.74 Å². The fourth-order valence-corrected chi connectivity index (χ4v) is 2.09. The first-order valence-corrected chi connectivity index (χ1v) is 7.22. The van der Waals surface area contributed by atoms with Gasteiger partial charge in [0.2, 0.25) is 0 Å². The maximum atomic E-state index is 12.4. The average molecular weight is 288 g/mol. The minimum absolute atomic E-state index is 0.00262. The highest BCUT2D eigenvalue weighted by Crippen LogP contribution is 2.30. The molecule has 1 nitrogen and oxygen atoms in total. The Bertz CT molecular complexity index is 362. The summed E-state index contributed by atoms with van der Waals surface area (Å²) in [6.45, 7) is 3.30. The second-order valence-electron chi connectivity index (χ2n) is 5.22. The molecule has 1 aromatic rings. The van der Waals surface area contributed by atoms with Gasteiger partial charge in [-0.25, -0.2) is 0 Å². The molecule has 1 aromatic carbocycles. The van der Waals surface area contributed by atoms with Gasteiger partial charge in [-0.3, -0.25) is 0 Å². The lowest BCUT2D eigenvalue weighted by molar-refractivity contribution is -0.171. The van der Waals surface area contributed by atoms with Gasteiger partial charge in [-0.15, -0.1) is 0 Å². The third-order valence-electron chi connectivity index (χ3n) is 3.38. The van der Waals surface area contributed by atoms with Crippen molar-refractivity contribution in [3.63, 3.8) is 0 Å². The number of alkyl halides is 3. The molecule has 0 spiro atoms. The summed E-state index contributed by atoms with van der Waals surface area (Å²) >= 11 is 0. The summed E-state index contributed by atoms with van der Waals surface area (Å²) in [5, 5.41) is 0. The highest BCUT2D eigenvalue weighted by atomic mass is 19.4. The maximum absolute atomic E-state index is 12.4. The Labute approximate surface area is 119 Å². The molecule has 0 heterocycles. The second-order valence-corrected chi connectivity index (χ2v) is 5.22. The molecule has 0 aliphatic heterocycles. The Kier molecular flexibility index (Phi) is 6.89. The van der Waals surface area contributed by atoms with Crippen LogP contribution in [-0.2, 0) is 0 Å². The number of hydrogen-bond donors (Lipinski definition) is 0. The van der Waals surface area contributed by atoms with Crippen molar-refractivity contribution in [1.82, 2.24) is 0 Å². The van der Waals surface area contributed by atoms with E-state index < -0.39 is 12.1 Å². The molecular weight excluding hydrogens is 265 g/mol. The fourth-order valence-electron chi connectivity index (χ4n) is 2.09. The van der Waals surface area contributed by atoms with Crippen LogP contribution in [0.5, 0.6) is 5.75 Å². The Morgan fingerprint density at radius 1 is 1.05 bits per heavy atom. The van der Waals surface area contributed by atoms with Crippen LogP contribution in [0, 0.1) is 5.92 Å². The lowest BCUT2D eigenvalue weighted by atomic mass is 10.0. The lowest BCUT2D eigenvalue weighted by Crippen LogP contribution is -2.21. The summed E-state index contributed by atoms with van der Waals surface area (Å²) < 4.78 is 43.2. The van der Waals surface area contributed by atoms with E-state index in [1.807, 2.05) is 30.3 Å². The molecule has 0 aliphatic carbocycles. The molecule has 0 amide bonds. The predicted octanol–water partition coefficient (Wildman–Crippen LogP) is 5.60. The van der Waals surface area contributed by atoms with Gasteiger partial charge in [0.1, 0.15) is 5.75 Å². The van der Waals surface area contributed by atoms with Crippen molar-refractivity contribution < 1.29 is 17.9 Å². The van der Waals surface area contributed by atoms with Crippen LogP contribution in [0.25, 0.3) is 0 Å². The minimum Gasteiger partial charge on any atom is -0.490 e. The largest absolute Gasteiger partial charge is 0.490 e. The Morgan fingerprint density at radius 2 is 1.70 bits per heavy atom. The molecule has 4 heteroatoms. The number of para-hydroxylation sites is 1. The van der Waals surface area contributed by atoms with Crippen molar-refractivity contribution in [1.29, 1.82) is 0 Å². The second kappa shape index (κ2) is 8.18. The topological polar surface area (TPSA) is 9.23 Å². The van der Waals surface area contributed by atoms with E-state index in [9.17, 15) is 13.2 Å². The summed E-state index contributed by atoms with van der Waals surface area (Å²) in [7, 11) is 0. The van der Waals surface area contributed by atoms with Gasteiger partial charge in [0, 0.05) is 0 Å². The van der Waals surface area contributed by atoms with Crippen molar-refractivity contribution in [3.05, 3.63) is 30.3 Å². The smallest absolute Gasteiger partial charge is 0.391 e. The highest BCUT2D eigenvalue weighted by Gasteiger charge is 2.35. The molecule has 0 radical (unpaired) electrons. The molecule has 0 N–H and O–H groups in total. The zero-order chi connectivity index (χ0) is 15.0. The van der Waals surface area contributed by atoms with Gasteiger partial charge in [0.05, 0.1) is 12.0 Å². The molecule has 0 fully saturated rings. The van der Waals surface area contributed by atoms with Crippen LogP contribution in [0.15, 0.2) is 30.3 Å². The van der Waals surface area contributed by atoms with Crippen molar-refractivity contribution in [2.75, 3.05) is 0 Å². The molecule has 0 aliphatic rings. The quantitative estimate of drug-likeness (QED) is 0.604. The average Bonchev–Trinajstić information content (AvgIpc) is 2.39. The first kappa shape index (κ1) is 16.9. The third kappa shape index (κ3) is 6.31. The van der Waals surface area contributed by atoms with Gasteiger partial charge < -0.3 is 4.74 Å². The van der Waals surface area contributed by atoms with Gasteiger partial charge in [-0.2, -0.15) is 13.2 Å². The molecule has 0 aromatic heterocycles. The Hall–Kier alpha value is -1.19. The van der Waals surface area contributed by atoms with Crippen LogP contribution in [0.4, 0.5) is 13.2 Å². The van der Waals surface area contributed by atoms with Gasteiger partial charge in [-0.05, 0) is 37.8 Å². The first-order chi connectivity index (χ1) is 9.43. The predicted molar refractivity (Wildman–Crippen MR) is 74.8 cm³/mol.